The molecule has 0 spiro atoms. The van der Waals surface area contributed by atoms with E-state index >= 15 is 0 Å². The summed E-state index contributed by atoms with van der Waals surface area (Å²) in [5.74, 6) is -0.157. The van der Waals surface area contributed by atoms with Crippen LogP contribution >= 0.6 is 11.3 Å². The first kappa shape index (κ1) is 12.6. The Morgan fingerprint density at radius 2 is 2.28 bits per heavy atom. The minimum absolute atomic E-state index is 0.157. The van der Waals surface area contributed by atoms with E-state index in [4.69, 9.17) is 5.73 Å². The predicted molar refractivity (Wildman–Crippen MR) is 75.0 cm³/mol. The summed E-state index contributed by atoms with van der Waals surface area (Å²) in [6.07, 6.45) is 0.941. The van der Waals surface area contributed by atoms with Gasteiger partial charge in [-0.15, -0.1) is 0 Å². The molecule has 5 heteroatoms. The largest absolute Gasteiger partial charge is 0.375 e. The molecule has 0 atom stereocenters. The number of hydrogen-bond acceptors (Lipinski definition) is 4. The van der Waals surface area contributed by atoms with Crippen molar-refractivity contribution in [2.24, 2.45) is 0 Å². The zero-order valence-electron chi connectivity index (χ0n) is 10.4. The first-order chi connectivity index (χ1) is 8.60. The lowest BCUT2D eigenvalue weighted by molar-refractivity contribution is 0.103. The highest BCUT2D eigenvalue weighted by Gasteiger charge is 2.14. The van der Waals surface area contributed by atoms with E-state index in [2.05, 4.69) is 17.2 Å². The molecule has 0 aliphatic heterocycles. The molecule has 0 bridgehead atoms. The second-order valence-electron chi connectivity index (χ2n) is 3.97. The van der Waals surface area contributed by atoms with Gasteiger partial charge in [0.1, 0.15) is 4.88 Å². The van der Waals surface area contributed by atoms with E-state index in [9.17, 15) is 4.79 Å². The van der Waals surface area contributed by atoms with Gasteiger partial charge in [0.2, 0.25) is 0 Å². The Balaban J connectivity index is 2.18. The van der Waals surface area contributed by atoms with Gasteiger partial charge in [-0.1, -0.05) is 30.4 Å². The molecule has 2 aromatic rings. The highest BCUT2D eigenvalue weighted by Crippen LogP contribution is 2.21. The maximum absolute atomic E-state index is 12.1. The highest BCUT2D eigenvalue weighted by molar-refractivity contribution is 7.17. The normalized spacial score (nSPS) is 10.3. The lowest BCUT2D eigenvalue weighted by Gasteiger charge is -2.05. The Morgan fingerprint density at radius 1 is 1.50 bits per heavy atom. The summed E-state index contributed by atoms with van der Waals surface area (Å²) in [7, 11) is 0. The quantitative estimate of drug-likeness (QED) is 0.892. The number of aromatic nitrogens is 1. The van der Waals surface area contributed by atoms with Crippen molar-refractivity contribution in [3.05, 3.63) is 40.4 Å². The maximum Gasteiger partial charge on any atom is 0.267 e. The molecule has 0 aliphatic carbocycles. The third kappa shape index (κ3) is 2.68. The average molecular weight is 261 g/mol. The van der Waals surface area contributed by atoms with Crippen molar-refractivity contribution in [2.75, 3.05) is 11.1 Å². The molecule has 1 aromatic carbocycles. The van der Waals surface area contributed by atoms with Crippen LogP contribution in [0.3, 0.4) is 0 Å². The summed E-state index contributed by atoms with van der Waals surface area (Å²) < 4.78 is 0. The van der Waals surface area contributed by atoms with Crippen LogP contribution in [0, 0.1) is 6.92 Å². The number of anilines is 2. The number of nitrogens with two attached hydrogens (primary N) is 1. The molecule has 3 N–H and O–H groups in total. The molecule has 18 heavy (non-hydrogen) atoms. The van der Waals surface area contributed by atoms with Gasteiger partial charge in [0, 0.05) is 5.69 Å². The van der Waals surface area contributed by atoms with E-state index in [1.807, 2.05) is 24.3 Å². The summed E-state index contributed by atoms with van der Waals surface area (Å²) in [6.45, 7) is 3.86. The molecule has 2 rings (SSSR count). The second-order valence-corrected chi connectivity index (χ2v) is 5.01. The van der Waals surface area contributed by atoms with E-state index < -0.39 is 0 Å². The zero-order chi connectivity index (χ0) is 13.1. The minimum atomic E-state index is -0.157. The van der Waals surface area contributed by atoms with Gasteiger partial charge in [-0.05, 0) is 31.0 Å². The Labute approximate surface area is 110 Å². The molecule has 1 amide bonds. The Bertz CT molecular complexity index is 577. The van der Waals surface area contributed by atoms with Crippen molar-refractivity contribution < 1.29 is 4.79 Å². The van der Waals surface area contributed by atoms with Crippen LogP contribution in [0.2, 0.25) is 0 Å². The predicted octanol–water partition coefficient (Wildman–Crippen LogP) is 2.85. The van der Waals surface area contributed by atoms with E-state index in [-0.39, 0.29) is 5.91 Å². The smallest absolute Gasteiger partial charge is 0.267 e. The fourth-order valence-electron chi connectivity index (χ4n) is 1.68. The number of thiazole rings is 1. The van der Waals surface area contributed by atoms with Gasteiger partial charge in [-0.2, -0.15) is 0 Å². The molecule has 1 aromatic heterocycles. The number of rotatable bonds is 3. The average Bonchev–Trinajstić information content (AvgIpc) is 2.69. The van der Waals surface area contributed by atoms with Gasteiger partial charge >= 0.3 is 0 Å². The van der Waals surface area contributed by atoms with Crippen LogP contribution in [-0.2, 0) is 6.42 Å². The number of nitrogen functional groups attached to an aromatic ring is 1. The van der Waals surface area contributed by atoms with Crippen LogP contribution in [0.1, 0.15) is 27.9 Å². The van der Waals surface area contributed by atoms with Gasteiger partial charge in [0.15, 0.2) is 5.13 Å². The molecule has 0 fully saturated rings. The summed E-state index contributed by atoms with van der Waals surface area (Å²) in [5, 5.41) is 3.28. The molecule has 0 unspecified atom stereocenters. The van der Waals surface area contributed by atoms with Crippen molar-refractivity contribution in [3.8, 4) is 0 Å². The van der Waals surface area contributed by atoms with Gasteiger partial charge in [0.05, 0.1) is 5.69 Å². The standard InChI is InChI=1S/C13H15N3OS/c1-3-9-5-4-6-10(7-9)16-12(17)11-8(2)15-13(14)18-11/h4-7H,3H2,1-2H3,(H2,14,15)(H,16,17). The summed E-state index contributed by atoms with van der Waals surface area (Å²) >= 11 is 1.21. The SMILES string of the molecule is CCc1cccc(NC(=O)c2sc(N)nc2C)c1. The fraction of sp³-hybridized carbons (Fsp3) is 0.231. The second kappa shape index (κ2) is 5.18. The van der Waals surface area contributed by atoms with Gasteiger partial charge < -0.3 is 11.1 Å². The first-order valence-corrected chi connectivity index (χ1v) is 6.55. The monoisotopic (exact) mass is 261 g/mol. The van der Waals surface area contributed by atoms with E-state index in [0.717, 1.165) is 12.1 Å². The van der Waals surface area contributed by atoms with E-state index in [1.165, 1.54) is 16.9 Å². The highest BCUT2D eigenvalue weighted by atomic mass is 32.1. The molecule has 0 radical (unpaired) electrons. The first-order valence-electron chi connectivity index (χ1n) is 5.73. The number of benzene rings is 1. The molecule has 0 aliphatic rings. The molecule has 0 saturated heterocycles. The molecule has 1 heterocycles. The number of carbonyl (C=O) groups excluding carboxylic acids is 1. The van der Waals surface area contributed by atoms with Crippen molar-refractivity contribution in [1.82, 2.24) is 4.98 Å². The van der Waals surface area contributed by atoms with Crippen LogP contribution < -0.4 is 11.1 Å². The van der Waals surface area contributed by atoms with Crippen molar-refractivity contribution in [2.45, 2.75) is 20.3 Å². The summed E-state index contributed by atoms with van der Waals surface area (Å²) in [6, 6.07) is 7.81. The van der Waals surface area contributed by atoms with Crippen molar-refractivity contribution in [1.29, 1.82) is 0 Å². The lowest BCUT2D eigenvalue weighted by Crippen LogP contribution is -2.11. The number of carbonyl (C=O) groups is 1. The van der Waals surface area contributed by atoms with Crippen LogP contribution in [0.25, 0.3) is 0 Å². The fourth-order valence-corrected chi connectivity index (χ4v) is 2.41. The van der Waals surface area contributed by atoms with Crippen LogP contribution in [0.5, 0.6) is 0 Å². The van der Waals surface area contributed by atoms with E-state index in [0.29, 0.717) is 15.7 Å². The summed E-state index contributed by atoms with van der Waals surface area (Å²) in [5.41, 5.74) is 8.24. The van der Waals surface area contributed by atoms with Gasteiger partial charge in [-0.25, -0.2) is 4.98 Å². The van der Waals surface area contributed by atoms with E-state index in [1.54, 1.807) is 6.92 Å². The Kier molecular flexibility index (Phi) is 3.62. The van der Waals surface area contributed by atoms with Crippen molar-refractivity contribution in [3.63, 3.8) is 0 Å². The lowest BCUT2D eigenvalue weighted by atomic mass is 10.1. The number of amides is 1. The third-order valence-corrected chi connectivity index (χ3v) is 3.60. The van der Waals surface area contributed by atoms with Crippen LogP contribution in [0.15, 0.2) is 24.3 Å². The minimum Gasteiger partial charge on any atom is -0.375 e. The third-order valence-electron chi connectivity index (χ3n) is 2.61. The van der Waals surface area contributed by atoms with Crippen molar-refractivity contribution >= 4 is 28.1 Å². The Morgan fingerprint density at radius 3 is 2.89 bits per heavy atom. The Hall–Kier alpha value is -1.88. The number of aryl methyl sites for hydroxylation is 2. The number of nitrogens with zero attached hydrogens (tertiary/aromatic N) is 1. The zero-order valence-corrected chi connectivity index (χ0v) is 11.2. The topological polar surface area (TPSA) is 68.0 Å². The molecule has 0 saturated carbocycles. The van der Waals surface area contributed by atoms with Gasteiger partial charge in [0.25, 0.3) is 5.91 Å². The molecule has 4 nitrogen and oxygen atoms in total. The number of hydrogen-bond donors (Lipinski definition) is 2. The molecular formula is C13H15N3OS. The molecular weight excluding hydrogens is 246 g/mol. The van der Waals surface area contributed by atoms with Gasteiger partial charge in [-0.3, -0.25) is 4.79 Å². The molecule has 94 valence electrons. The summed E-state index contributed by atoms with van der Waals surface area (Å²) in [4.78, 5) is 16.7. The maximum atomic E-state index is 12.1. The number of nitrogens with one attached hydrogen (secondary N) is 1. The van der Waals surface area contributed by atoms with Crippen LogP contribution in [0.4, 0.5) is 10.8 Å². The van der Waals surface area contributed by atoms with Crippen LogP contribution in [-0.4, -0.2) is 10.9 Å².